The summed E-state index contributed by atoms with van der Waals surface area (Å²) in [6.07, 6.45) is 10.1. The minimum atomic E-state index is -4.01. The summed E-state index contributed by atoms with van der Waals surface area (Å²) in [5.41, 5.74) is 2.72. The molecule has 15 nitrogen and oxygen atoms in total. The zero-order valence-electron chi connectivity index (χ0n) is 36.6. The Morgan fingerprint density at radius 3 is 2.47 bits per heavy atom. The molecule has 3 aliphatic carbocycles. The Morgan fingerprint density at radius 2 is 1.72 bits per heavy atom. The molecule has 3 saturated carbocycles. The molecule has 4 aromatic rings. The molecule has 2 aromatic carbocycles. The van der Waals surface area contributed by atoms with Crippen LogP contribution in [0.4, 0.5) is 4.79 Å². The highest BCUT2D eigenvalue weighted by Gasteiger charge is 2.63. The molecule has 4 heterocycles. The summed E-state index contributed by atoms with van der Waals surface area (Å²) in [6.45, 7) is 5.65. The van der Waals surface area contributed by atoms with Crippen molar-refractivity contribution in [1.82, 2.24) is 34.8 Å². The number of thiazole rings is 1. The number of carbonyl (C=O) groups excluding carboxylic acids is 4. The predicted octanol–water partition coefficient (Wildman–Crippen LogP) is 7.19. The molecular weight excluding hydrogens is 855 g/mol. The van der Waals surface area contributed by atoms with Crippen molar-refractivity contribution in [1.29, 1.82) is 0 Å². The number of carbonyl (C=O) groups is 4. The topological polar surface area (TPSA) is 191 Å². The third kappa shape index (κ3) is 8.76. The summed E-state index contributed by atoms with van der Waals surface area (Å²) < 4.78 is 42.3. The molecule has 5 atom stereocenters. The highest BCUT2D eigenvalue weighted by Crippen LogP contribution is 2.48. The van der Waals surface area contributed by atoms with Gasteiger partial charge in [-0.25, -0.2) is 18.2 Å². The van der Waals surface area contributed by atoms with Crippen LogP contribution in [-0.4, -0.2) is 92.8 Å². The van der Waals surface area contributed by atoms with E-state index < -0.39 is 68.2 Å². The van der Waals surface area contributed by atoms with Gasteiger partial charge < -0.3 is 25.0 Å². The summed E-state index contributed by atoms with van der Waals surface area (Å²) in [6, 6.07) is 14.0. The molecule has 2 aliphatic heterocycles. The molecule has 0 spiro atoms. The first-order valence-electron chi connectivity index (χ1n) is 22.8. The Hall–Kier alpha value is -5.29. The highest BCUT2D eigenvalue weighted by atomic mass is 32.2. The van der Waals surface area contributed by atoms with Crippen LogP contribution in [0.25, 0.3) is 32.9 Å². The standard InChI is InChI=1S/C47H57N7O8S2/c1-29(2)54-37-22-14-20-34(41-48-36(28-63-41)30-15-8-7-9-16-30)39(37)50-44(54)61-33-25-38-40(55)51-47(43(57)52-64(59,60)46(3)23-24-46)26-31(47)17-10-5-4-6-11-21-35(42(56)53(38)27-33)49-45(58)62-32-18-12-13-19-32/h7-10,14-17,20,22,28-29,31-33,35,38H,4-6,11-13,18-19,21,23-27H2,1-3H3,(H,49,58)(H,51,55)(H,52,57)/b17-10-/t31-,33-,35+,38+,47-/m1/s1. The number of fused-ring (bicyclic) bond motifs is 3. The normalized spacial score (nSPS) is 26.6. The molecule has 5 aliphatic rings. The average Bonchev–Trinajstić information content (AvgIpc) is 3.75. The lowest BCUT2D eigenvalue weighted by atomic mass is 10.0. The van der Waals surface area contributed by atoms with Gasteiger partial charge in [-0.05, 0) is 97.1 Å². The van der Waals surface area contributed by atoms with Gasteiger partial charge in [0.15, 0.2) is 0 Å². The predicted molar refractivity (Wildman–Crippen MR) is 243 cm³/mol. The summed E-state index contributed by atoms with van der Waals surface area (Å²) >= 11 is 1.53. The average molecular weight is 912 g/mol. The van der Waals surface area contributed by atoms with E-state index in [1.807, 2.05) is 84.5 Å². The SMILES string of the molecule is CC(C)n1c(O[C@@H]2C[C@H]3C(=O)N[C@]4(C(=O)NS(=O)(=O)C5(C)CC5)C[C@H]4/C=C\CCCCC[C@H](NC(=O)OC4CCCC4)C(=O)N3C2)nc2c(-c3nc(-c4ccccc4)cs3)cccc21. The van der Waals surface area contributed by atoms with Crippen LogP contribution >= 0.6 is 11.3 Å². The third-order valence-corrected chi connectivity index (χ3v) is 16.7. The first kappa shape index (κ1) is 43.9. The smallest absolute Gasteiger partial charge is 0.408 e. The van der Waals surface area contributed by atoms with Crippen LogP contribution in [0.5, 0.6) is 6.01 Å². The van der Waals surface area contributed by atoms with Gasteiger partial charge in [-0.15, -0.1) is 11.3 Å². The van der Waals surface area contributed by atoms with Gasteiger partial charge in [0.2, 0.25) is 21.8 Å². The van der Waals surface area contributed by atoms with Crippen molar-refractivity contribution in [2.24, 2.45) is 5.92 Å². The zero-order valence-corrected chi connectivity index (χ0v) is 38.2. The Balaban J connectivity index is 1.03. The lowest BCUT2D eigenvalue weighted by Gasteiger charge is -2.30. The van der Waals surface area contributed by atoms with Gasteiger partial charge in [0.25, 0.3) is 11.9 Å². The largest absolute Gasteiger partial charge is 0.459 e. The molecule has 0 bridgehead atoms. The second-order valence-corrected chi connectivity index (χ2v) is 21.7. The van der Waals surface area contributed by atoms with Crippen LogP contribution in [0.2, 0.25) is 0 Å². The maximum Gasteiger partial charge on any atom is 0.408 e. The molecule has 17 heteroatoms. The lowest BCUT2D eigenvalue weighted by molar-refractivity contribution is -0.141. The molecular formula is C47H57N7O8S2. The number of benzene rings is 2. The summed E-state index contributed by atoms with van der Waals surface area (Å²) in [4.78, 5) is 68.4. The van der Waals surface area contributed by atoms with Crippen molar-refractivity contribution in [3.63, 3.8) is 0 Å². The van der Waals surface area contributed by atoms with E-state index in [9.17, 15) is 27.6 Å². The maximum atomic E-state index is 14.8. The number of rotatable bonds is 10. The van der Waals surface area contributed by atoms with E-state index in [1.165, 1.54) is 16.2 Å². The first-order chi connectivity index (χ1) is 30.7. The fourth-order valence-electron chi connectivity index (χ4n) is 9.42. The Morgan fingerprint density at radius 1 is 0.953 bits per heavy atom. The number of hydrogen-bond acceptors (Lipinski definition) is 11. The molecule has 0 radical (unpaired) electrons. The van der Waals surface area contributed by atoms with Crippen molar-refractivity contribution in [3.05, 3.63) is 66.1 Å². The first-order valence-corrected chi connectivity index (χ1v) is 25.1. The van der Waals surface area contributed by atoms with Gasteiger partial charge >= 0.3 is 6.09 Å². The van der Waals surface area contributed by atoms with Gasteiger partial charge in [-0.3, -0.25) is 23.7 Å². The van der Waals surface area contributed by atoms with Crippen molar-refractivity contribution in [2.75, 3.05) is 6.54 Å². The summed E-state index contributed by atoms with van der Waals surface area (Å²) in [7, 11) is -4.01. The minimum absolute atomic E-state index is 0.0108. The van der Waals surface area contributed by atoms with E-state index in [2.05, 4.69) is 15.4 Å². The molecule has 3 N–H and O–H groups in total. The minimum Gasteiger partial charge on any atom is -0.459 e. The van der Waals surface area contributed by atoms with Crippen LogP contribution in [-0.2, 0) is 29.1 Å². The number of ether oxygens (including phenoxy) is 2. The Kier molecular flexibility index (Phi) is 12.1. The second kappa shape index (κ2) is 17.6. The van der Waals surface area contributed by atoms with E-state index in [0.29, 0.717) is 43.6 Å². The number of aromatic nitrogens is 3. The van der Waals surface area contributed by atoms with Crippen LogP contribution in [0.3, 0.4) is 0 Å². The number of hydrogen-bond donors (Lipinski definition) is 3. The number of sulfonamides is 1. The van der Waals surface area contributed by atoms with Crippen LogP contribution in [0.15, 0.2) is 66.1 Å². The van der Waals surface area contributed by atoms with Gasteiger partial charge in [-0.1, -0.05) is 61.4 Å². The van der Waals surface area contributed by atoms with E-state index in [1.54, 1.807) is 6.92 Å². The number of nitrogens with zero attached hydrogens (tertiary/aromatic N) is 4. The number of alkyl carbamates (subject to hydrolysis) is 1. The molecule has 9 rings (SSSR count). The van der Waals surface area contributed by atoms with Gasteiger partial charge in [0.05, 0.1) is 22.5 Å². The molecule has 4 amide bonds. The lowest BCUT2D eigenvalue weighted by Crippen LogP contribution is -2.58. The van der Waals surface area contributed by atoms with E-state index in [4.69, 9.17) is 19.4 Å². The molecule has 4 fully saturated rings. The van der Waals surface area contributed by atoms with E-state index in [-0.39, 0.29) is 31.5 Å². The molecule has 1 saturated heterocycles. The quantitative estimate of drug-likeness (QED) is 0.137. The Bertz CT molecular complexity index is 2560. The number of allylic oxidation sites excluding steroid dienone is 1. The summed E-state index contributed by atoms with van der Waals surface area (Å²) in [5, 5.41) is 8.63. The van der Waals surface area contributed by atoms with Crippen molar-refractivity contribution < 1.29 is 37.1 Å². The molecule has 340 valence electrons. The monoisotopic (exact) mass is 911 g/mol. The second-order valence-electron chi connectivity index (χ2n) is 18.6. The van der Waals surface area contributed by atoms with Crippen molar-refractivity contribution >= 4 is 56.2 Å². The number of nitrogens with one attached hydrogen (secondary N) is 3. The highest BCUT2D eigenvalue weighted by molar-refractivity contribution is 7.91. The fourth-order valence-corrected chi connectivity index (χ4v) is 11.6. The van der Waals surface area contributed by atoms with Crippen molar-refractivity contribution in [2.45, 2.75) is 145 Å². The van der Waals surface area contributed by atoms with Crippen LogP contribution in [0.1, 0.15) is 110 Å². The van der Waals surface area contributed by atoms with Crippen molar-refractivity contribution in [3.8, 4) is 27.8 Å². The number of para-hydroxylation sites is 1. The van der Waals surface area contributed by atoms with Crippen LogP contribution < -0.4 is 20.1 Å². The van der Waals surface area contributed by atoms with Gasteiger partial charge in [-0.2, -0.15) is 4.98 Å². The summed E-state index contributed by atoms with van der Waals surface area (Å²) in [5.74, 6) is -2.30. The molecule has 2 aromatic heterocycles. The Labute approximate surface area is 377 Å². The zero-order chi connectivity index (χ0) is 44.8. The number of imidazole rings is 1. The van der Waals surface area contributed by atoms with E-state index >= 15 is 0 Å². The number of amides is 4. The third-order valence-electron chi connectivity index (χ3n) is 13.6. The van der Waals surface area contributed by atoms with Crippen LogP contribution in [0, 0.1) is 5.92 Å². The van der Waals surface area contributed by atoms with Gasteiger partial charge in [0, 0.05) is 34.9 Å². The molecule has 0 unspecified atom stereocenters. The van der Waals surface area contributed by atoms with E-state index in [0.717, 1.165) is 65.9 Å². The fraction of sp³-hybridized carbons (Fsp3) is 0.532. The maximum absolute atomic E-state index is 14.8. The molecule has 64 heavy (non-hydrogen) atoms. The van der Waals surface area contributed by atoms with Gasteiger partial charge in [0.1, 0.15) is 40.4 Å².